The maximum absolute atomic E-state index is 13.1. The lowest BCUT2D eigenvalue weighted by molar-refractivity contribution is -0.383. The van der Waals surface area contributed by atoms with Crippen molar-refractivity contribution in [3.05, 3.63) is 46.5 Å². The Kier molecular flexibility index (Phi) is 3.51. The highest BCUT2D eigenvalue weighted by Crippen LogP contribution is 2.30. The average Bonchev–Trinajstić information content (AvgIpc) is 2.38. The first-order chi connectivity index (χ1) is 9.11. The molecule has 0 amide bonds. The van der Waals surface area contributed by atoms with E-state index in [0.717, 1.165) is 0 Å². The number of anilines is 3. The lowest BCUT2D eigenvalue weighted by atomic mass is 10.3. The molecule has 0 fully saturated rings. The van der Waals surface area contributed by atoms with Gasteiger partial charge in [-0.1, -0.05) is 6.07 Å². The van der Waals surface area contributed by atoms with Crippen molar-refractivity contribution in [1.82, 2.24) is 9.97 Å². The second-order valence-corrected chi connectivity index (χ2v) is 3.56. The van der Waals surface area contributed by atoms with Crippen molar-refractivity contribution in [2.24, 2.45) is 0 Å². The van der Waals surface area contributed by atoms with Gasteiger partial charge in [-0.15, -0.1) is 0 Å². The molecule has 0 saturated carbocycles. The van der Waals surface area contributed by atoms with E-state index in [4.69, 9.17) is 0 Å². The van der Waals surface area contributed by atoms with Gasteiger partial charge >= 0.3 is 5.69 Å². The average molecular weight is 263 g/mol. The molecule has 7 nitrogen and oxygen atoms in total. The van der Waals surface area contributed by atoms with Crippen LogP contribution in [0.5, 0.6) is 0 Å². The molecule has 0 bridgehead atoms. The van der Waals surface area contributed by atoms with Crippen LogP contribution in [0.2, 0.25) is 0 Å². The molecule has 1 aromatic carbocycles. The van der Waals surface area contributed by atoms with Gasteiger partial charge in [0.2, 0.25) is 11.6 Å². The molecule has 0 saturated heterocycles. The fourth-order valence-corrected chi connectivity index (χ4v) is 1.53. The zero-order valence-electron chi connectivity index (χ0n) is 9.92. The molecule has 0 atom stereocenters. The van der Waals surface area contributed by atoms with Gasteiger partial charge in [0.25, 0.3) is 0 Å². The van der Waals surface area contributed by atoms with E-state index in [0.29, 0.717) is 5.69 Å². The fraction of sp³-hybridized carbons (Fsp3) is 0.0909. The van der Waals surface area contributed by atoms with E-state index in [2.05, 4.69) is 20.6 Å². The first kappa shape index (κ1) is 12.7. The topological polar surface area (TPSA) is 93.0 Å². The molecule has 0 aliphatic heterocycles. The van der Waals surface area contributed by atoms with Gasteiger partial charge in [-0.25, -0.2) is 14.4 Å². The maximum atomic E-state index is 13.1. The van der Waals surface area contributed by atoms with Crippen LogP contribution < -0.4 is 10.6 Å². The first-order valence-corrected chi connectivity index (χ1v) is 5.31. The lowest BCUT2D eigenvalue weighted by Crippen LogP contribution is -2.05. The molecule has 19 heavy (non-hydrogen) atoms. The third kappa shape index (κ3) is 2.73. The van der Waals surface area contributed by atoms with Crippen LogP contribution in [0.4, 0.5) is 27.4 Å². The molecule has 0 spiro atoms. The highest BCUT2D eigenvalue weighted by Gasteiger charge is 2.22. The summed E-state index contributed by atoms with van der Waals surface area (Å²) in [5, 5.41) is 16.3. The van der Waals surface area contributed by atoms with Gasteiger partial charge in [0.1, 0.15) is 12.1 Å². The summed E-state index contributed by atoms with van der Waals surface area (Å²) in [7, 11) is 1.52. The standard InChI is InChI=1S/C11H10FN5O2/c1-13-10-9(17(18)19)11(15-6-14-10)16-8-4-2-3-7(12)5-8/h2-6H,1H3,(H2,13,14,15,16). The highest BCUT2D eigenvalue weighted by atomic mass is 19.1. The summed E-state index contributed by atoms with van der Waals surface area (Å²) in [6, 6.07) is 5.56. The SMILES string of the molecule is CNc1ncnc(Nc2cccc(F)c2)c1[N+](=O)[O-]. The van der Waals surface area contributed by atoms with Crippen LogP contribution in [-0.4, -0.2) is 21.9 Å². The zero-order valence-corrected chi connectivity index (χ0v) is 9.92. The predicted octanol–water partition coefficient (Wildman–Crippen LogP) is 2.31. The smallest absolute Gasteiger partial charge is 0.353 e. The normalized spacial score (nSPS) is 10.0. The summed E-state index contributed by atoms with van der Waals surface area (Å²) in [6.45, 7) is 0. The Morgan fingerprint density at radius 1 is 1.32 bits per heavy atom. The molecule has 8 heteroatoms. The molecule has 2 aromatic rings. The number of hydrogen-bond donors (Lipinski definition) is 2. The van der Waals surface area contributed by atoms with Crippen molar-refractivity contribution in [3.63, 3.8) is 0 Å². The van der Waals surface area contributed by atoms with E-state index >= 15 is 0 Å². The minimum atomic E-state index is -0.604. The molecular weight excluding hydrogens is 253 g/mol. The summed E-state index contributed by atoms with van der Waals surface area (Å²) in [6.07, 6.45) is 1.18. The number of benzene rings is 1. The molecule has 1 aromatic heterocycles. The van der Waals surface area contributed by atoms with E-state index in [9.17, 15) is 14.5 Å². The third-order valence-corrected chi connectivity index (χ3v) is 2.33. The van der Waals surface area contributed by atoms with Gasteiger partial charge in [0.15, 0.2) is 0 Å². The van der Waals surface area contributed by atoms with Crippen LogP contribution in [0.1, 0.15) is 0 Å². The van der Waals surface area contributed by atoms with Crippen molar-refractivity contribution in [1.29, 1.82) is 0 Å². The van der Waals surface area contributed by atoms with Crippen LogP contribution in [0, 0.1) is 15.9 Å². The molecule has 0 aliphatic rings. The van der Waals surface area contributed by atoms with E-state index < -0.39 is 10.7 Å². The summed E-state index contributed by atoms with van der Waals surface area (Å²) < 4.78 is 13.1. The Morgan fingerprint density at radius 2 is 2.05 bits per heavy atom. The molecule has 2 N–H and O–H groups in total. The van der Waals surface area contributed by atoms with E-state index in [1.807, 2.05) is 0 Å². The molecule has 0 unspecified atom stereocenters. The van der Waals surface area contributed by atoms with Crippen molar-refractivity contribution in [2.45, 2.75) is 0 Å². The van der Waals surface area contributed by atoms with Crippen molar-refractivity contribution in [2.75, 3.05) is 17.7 Å². The van der Waals surface area contributed by atoms with Gasteiger partial charge in [-0.05, 0) is 18.2 Å². The molecule has 98 valence electrons. The number of aromatic nitrogens is 2. The number of nitro groups is 1. The monoisotopic (exact) mass is 263 g/mol. The molecule has 0 radical (unpaired) electrons. The van der Waals surface area contributed by atoms with Gasteiger partial charge in [0, 0.05) is 12.7 Å². The summed E-state index contributed by atoms with van der Waals surface area (Å²) in [4.78, 5) is 18.0. The van der Waals surface area contributed by atoms with Crippen molar-refractivity contribution >= 4 is 23.0 Å². The molecule has 1 heterocycles. The number of hydrogen-bond acceptors (Lipinski definition) is 6. The maximum Gasteiger partial charge on any atom is 0.353 e. The Bertz CT molecular complexity index is 620. The van der Waals surface area contributed by atoms with E-state index in [-0.39, 0.29) is 17.3 Å². The lowest BCUT2D eigenvalue weighted by Gasteiger charge is -2.08. The van der Waals surface area contributed by atoms with Gasteiger partial charge < -0.3 is 10.6 Å². The number of nitrogens with zero attached hydrogens (tertiary/aromatic N) is 3. The van der Waals surface area contributed by atoms with Crippen LogP contribution in [0.25, 0.3) is 0 Å². The fourth-order valence-electron chi connectivity index (χ4n) is 1.53. The van der Waals surface area contributed by atoms with Crippen molar-refractivity contribution < 1.29 is 9.31 Å². The second-order valence-electron chi connectivity index (χ2n) is 3.56. The van der Waals surface area contributed by atoms with Gasteiger partial charge in [-0.3, -0.25) is 10.1 Å². The number of nitrogens with one attached hydrogen (secondary N) is 2. The number of halogens is 1. The van der Waals surface area contributed by atoms with Gasteiger partial charge in [-0.2, -0.15) is 0 Å². The largest absolute Gasteiger partial charge is 0.367 e. The molecule has 0 aliphatic carbocycles. The Balaban J connectivity index is 2.42. The quantitative estimate of drug-likeness (QED) is 0.649. The highest BCUT2D eigenvalue weighted by molar-refractivity contribution is 5.73. The minimum Gasteiger partial charge on any atom is -0.367 e. The Labute approximate surface area is 107 Å². The summed E-state index contributed by atoms with van der Waals surface area (Å²) in [5.74, 6) is -0.371. The second kappa shape index (κ2) is 5.25. The third-order valence-electron chi connectivity index (χ3n) is 2.33. The van der Waals surface area contributed by atoms with Crippen LogP contribution in [0.3, 0.4) is 0 Å². The van der Waals surface area contributed by atoms with E-state index in [1.54, 1.807) is 6.07 Å². The summed E-state index contributed by atoms with van der Waals surface area (Å²) >= 11 is 0. The van der Waals surface area contributed by atoms with Crippen LogP contribution in [-0.2, 0) is 0 Å². The van der Waals surface area contributed by atoms with Crippen LogP contribution >= 0.6 is 0 Å². The number of rotatable bonds is 4. The molecule has 2 rings (SSSR count). The Morgan fingerprint density at radius 3 is 2.68 bits per heavy atom. The summed E-state index contributed by atoms with van der Waals surface area (Å²) in [5.41, 5.74) is 0.0677. The van der Waals surface area contributed by atoms with Crippen molar-refractivity contribution in [3.8, 4) is 0 Å². The first-order valence-electron chi connectivity index (χ1n) is 5.31. The van der Waals surface area contributed by atoms with Gasteiger partial charge in [0.05, 0.1) is 4.92 Å². The minimum absolute atomic E-state index is 0.00468. The zero-order chi connectivity index (χ0) is 13.8. The molecular formula is C11H10FN5O2. The predicted molar refractivity (Wildman–Crippen MR) is 67.9 cm³/mol. The van der Waals surface area contributed by atoms with E-state index in [1.165, 1.54) is 31.6 Å². The Hall–Kier alpha value is -2.77. The van der Waals surface area contributed by atoms with Crippen LogP contribution in [0.15, 0.2) is 30.6 Å².